The van der Waals surface area contributed by atoms with Gasteiger partial charge >= 0.3 is 11.6 Å². The Labute approximate surface area is 143 Å². The van der Waals surface area contributed by atoms with Gasteiger partial charge in [0.15, 0.2) is 0 Å². The Morgan fingerprint density at radius 2 is 1.92 bits per heavy atom. The second-order valence-corrected chi connectivity index (χ2v) is 5.93. The molecule has 1 heterocycles. The van der Waals surface area contributed by atoms with Crippen LogP contribution >= 0.6 is 11.6 Å². The molecule has 122 valence electrons. The van der Waals surface area contributed by atoms with Gasteiger partial charge in [-0.2, -0.15) is 0 Å². The average molecular weight is 343 g/mol. The first-order valence-corrected chi connectivity index (χ1v) is 7.83. The summed E-state index contributed by atoms with van der Waals surface area (Å²) in [5, 5.41) is 1.28. The van der Waals surface area contributed by atoms with E-state index in [2.05, 4.69) is 0 Å². The molecule has 0 aliphatic heterocycles. The minimum atomic E-state index is -0.467. The highest BCUT2D eigenvalue weighted by molar-refractivity contribution is 6.31. The van der Waals surface area contributed by atoms with E-state index >= 15 is 0 Å². The molecule has 0 amide bonds. The van der Waals surface area contributed by atoms with Gasteiger partial charge in [-0.25, -0.2) is 4.79 Å². The predicted octanol–water partition coefficient (Wildman–Crippen LogP) is 4.04. The van der Waals surface area contributed by atoms with Crippen molar-refractivity contribution in [3.63, 3.8) is 0 Å². The fraction of sp³-hybridized carbons (Fsp3) is 0.158. The third-order valence-corrected chi connectivity index (χ3v) is 4.04. The van der Waals surface area contributed by atoms with E-state index in [0.717, 1.165) is 10.9 Å². The fourth-order valence-electron chi connectivity index (χ4n) is 2.46. The van der Waals surface area contributed by atoms with Crippen LogP contribution in [0, 0.1) is 6.92 Å². The normalized spacial score (nSPS) is 10.8. The predicted molar refractivity (Wildman–Crippen MR) is 92.2 cm³/mol. The Morgan fingerprint density at radius 1 is 1.12 bits per heavy atom. The Morgan fingerprint density at radius 3 is 2.71 bits per heavy atom. The minimum absolute atomic E-state index is 0.00838. The number of halogens is 1. The van der Waals surface area contributed by atoms with Crippen molar-refractivity contribution in [2.75, 3.05) is 0 Å². The summed E-state index contributed by atoms with van der Waals surface area (Å²) < 4.78 is 10.5. The number of hydrogen-bond acceptors (Lipinski definition) is 4. The highest BCUT2D eigenvalue weighted by atomic mass is 35.5. The maximum Gasteiger partial charge on any atom is 0.336 e. The molecule has 5 heteroatoms. The lowest BCUT2D eigenvalue weighted by atomic mass is 10.1. The smallest absolute Gasteiger partial charge is 0.336 e. The van der Waals surface area contributed by atoms with Crippen LogP contribution in [0.4, 0.5) is 0 Å². The molecule has 0 spiro atoms. The zero-order chi connectivity index (χ0) is 17.1. The van der Waals surface area contributed by atoms with Crippen molar-refractivity contribution >= 4 is 28.5 Å². The summed E-state index contributed by atoms with van der Waals surface area (Å²) in [5.74, 6) is -0.406. The summed E-state index contributed by atoms with van der Waals surface area (Å²) in [6, 6.07) is 14.0. The third kappa shape index (κ3) is 3.66. The van der Waals surface area contributed by atoms with Crippen molar-refractivity contribution in [3.8, 4) is 0 Å². The van der Waals surface area contributed by atoms with Gasteiger partial charge in [0.05, 0.1) is 6.42 Å². The lowest BCUT2D eigenvalue weighted by Gasteiger charge is -2.08. The molecule has 0 N–H and O–H groups in total. The molecular weight excluding hydrogens is 328 g/mol. The molecule has 24 heavy (non-hydrogen) atoms. The van der Waals surface area contributed by atoms with E-state index < -0.39 is 11.6 Å². The van der Waals surface area contributed by atoms with Crippen molar-refractivity contribution in [2.24, 2.45) is 0 Å². The zero-order valence-corrected chi connectivity index (χ0v) is 13.8. The zero-order valence-electron chi connectivity index (χ0n) is 13.0. The molecule has 0 atom stereocenters. The molecule has 0 unspecified atom stereocenters. The fourth-order valence-corrected chi connectivity index (χ4v) is 2.67. The van der Waals surface area contributed by atoms with Gasteiger partial charge in [-0.05, 0) is 30.2 Å². The van der Waals surface area contributed by atoms with Crippen LogP contribution in [0.15, 0.2) is 57.7 Å². The monoisotopic (exact) mass is 342 g/mol. The van der Waals surface area contributed by atoms with Crippen molar-refractivity contribution in [3.05, 3.63) is 80.7 Å². The lowest BCUT2D eigenvalue weighted by molar-refractivity contribution is -0.144. The highest BCUT2D eigenvalue weighted by Crippen LogP contribution is 2.20. The molecule has 0 radical (unpaired) electrons. The van der Waals surface area contributed by atoms with E-state index in [4.69, 9.17) is 20.8 Å². The number of carbonyl (C=O) groups is 1. The number of esters is 1. The molecule has 3 rings (SSSR count). The molecule has 0 bridgehead atoms. The van der Waals surface area contributed by atoms with Crippen LogP contribution in [0.3, 0.4) is 0 Å². The standard InChI is InChI=1S/C19H15ClO4/c1-12-6-7-15-14(10-19(22)24-17(15)8-12)11-23-18(21)9-13-4-2-3-5-16(13)20/h2-8,10H,9,11H2,1H3. The third-order valence-electron chi connectivity index (χ3n) is 3.67. The van der Waals surface area contributed by atoms with Crippen LogP contribution in [0.1, 0.15) is 16.7 Å². The number of benzene rings is 2. The van der Waals surface area contributed by atoms with E-state index in [1.165, 1.54) is 6.07 Å². The Kier molecular flexibility index (Phi) is 4.67. The maximum atomic E-state index is 12.0. The quantitative estimate of drug-likeness (QED) is 0.530. The molecule has 3 aromatic rings. The second kappa shape index (κ2) is 6.89. The van der Waals surface area contributed by atoms with Crippen LogP contribution in [0.25, 0.3) is 11.0 Å². The van der Waals surface area contributed by atoms with E-state index in [-0.39, 0.29) is 13.0 Å². The number of rotatable bonds is 4. The topological polar surface area (TPSA) is 56.5 Å². The van der Waals surface area contributed by atoms with Gasteiger partial charge < -0.3 is 9.15 Å². The van der Waals surface area contributed by atoms with Crippen LogP contribution in [0.2, 0.25) is 5.02 Å². The molecular formula is C19H15ClO4. The molecule has 0 aliphatic carbocycles. The first-order chi connectivity index (χ1) is 11.5. The Balaban J connectivity index is 1.77. The van der Waals surface area contributed by atoms with Gasteiger partial charge in [-0.15, -0.1) is 0 Å². The number of ether oxygens (including phenoxy) is 1. The lowest BCUT2D eigenvalue weighted by Crippen LogP contribution is -2.10. The highest BCUT2D eigenvalue weighted by Gasteiger charge is 2.11. The van der Waals surface area contributed by atoms with E-state index in [1.807, 2.05) is 25.1 Å². The Hall–Kier alpha value is -2.59. The van der Waals surface area contributed by atoms with Crippen molar-refractivity contribution in [2.45, 2.75) is 20.0 Å². The molecule has 1 aromatic heterocycles. The SMILES string of the molecule is Cc1ccc2c(COC(=O)Cc3ccccc3Cl)cc(=O)oc2c1. The Bertz CT molecular complexity index is 959. The summed E-state index contributed by atoms with van der Waals surface area (Å²) in [6.45, 7) is 1.92. The summed E-state index contributed by atoms with van der Waals surface area (Å²) >= 11 is 6.04. The molecule has 4 nitrogen and oxygen atoms in total. The summed E-state index contributed by atoms with van der Waals surface area (Å²) in [6.07, 6.45) is 0.0815. The van der Waals surface area contributed by atoms with Crippen LogP contribution in [0.5, 0.6) is 0 Å². The summed E-state index contributed by atoms with van der Waals surface area (Å²) in [4.78, 5) is 23.7. The number of hydrogen-bond donors (Lipinski definition) is 0. The molecule has 0 fully saturated rings. The van der Waals surface area contributed by atoms with Gasteiger partial charge in [-0.3, -0.25) is 4.79 Å². The summed E-state index contributed by atoms with van der Waals surface area (Å²) in [7, 11) is 0. The molecule has 0 saturated heterocycles. The first-order valence-electron chi connectivity index (χ1n) is 7.45. The summed E-state index contributed by atoms with van der Waals surface area (Å²) in [5.41, 5.74) is 2.33. The van der Waals surface area contributed by atoms with Gasteiger partial charge in [0.25, 0.3) is 0 Å². The van der Waals surface area contributed by atoms with Crippen LogP contribution < -0.4 is 5.63 Å². The maximum absolute atomic E-state index is 12.0. The van der Waals surface area contributed by atoms with E-state index in [0.29, 0.717) is 21.7 Å². The number of fused-ring (bicyclic) bond motifs is 1. The van der Waals surface area contributed by atoms with Gasteiger partial charge in [0, 0.05) is 22.0 Å². The minimum Gasteiger partial charge on any atom is -0.461 e. The molecule has 2 aromatic carbocycles. The largest absolute Gasteiger partial charge is 0.461 e. The van der Waals surface area contributed by atoms with Crippen LogP contribution in [-0.4, -0.2) is 5.97 Å². The molecule has 0 aliphatic rings. The van der Waals surface area contributed by atoms with Gasteiger partial charge in [-0.1, -0.05) is 41.9 Å². The van der Waals surface area contributed by atoms with Crippen molar-refractivity contribution in [1.29, 1.82) is 0 Å². The second-order valence-electron chi connectivity index (χ2n) is 5.52. The van der Waals surface area contributed by atoms with Crippen molar-refractivity contribution < 1.29 is 13.9 Å². The van der Waals surface area contributed by atoms with E-state index in [9.17, 15) is 9.59 Å². The van der Waals surface area contributed by atoms with Gasteiger partial charge in [0.1, 0.15) is 12.2 Å². The average Bonchev–Trinajstić information content (AvgIpc) is 2.54. The molecule has 0 saturated carbocycles. The number of carbonyl (C=O) groups excluding carboxylic acids is 1. The van der Waals surface area contributed by atoms with Crippen molar-refractivity contribution in [1.82, 2.24) is 0 Å². The first kappa shape index (κ1) is 16.3. The number of aryl methyl sites for hydroxylation is 1. The van der Waals surface area contributed by atoms with Crippen LogP contribution in [-0.2, 0) is 22.6 Å². The van der Waals surface area contributed by atoms with E-state index in [1.54, 1.807) is 24.3 Å². The van der Waals surface area contributed by atoms with Gasteiger partial charge in [0.2, 0.25) is 0 Å².